The van der Waals surface area contributed by atoms with Gasteiger partial charge in [0, 0.05) is 24.7 Å². The highest BCUT2D eigenvalue weighted by Crippen LogP contribution is 2.33. The first-order valence-corrected chi connectivity index (χ1v) is 7.04. The van der Waals surface area contributed by atoms with Crippen LogP contribution in [0.5, 0.6) is 0 Å². The van der Waals surface area contributed by atoms with Gasteiger partial charge >= 0.3 is 0 Å². The Labute approximate surface area is 105 Å². The lowest BCUT2D eigenvalue weighted by Crippen LogP contribution is -2.17. The van der Waals surface area contributed by atoms with Crippen LogP contribution in [0.25, 0.3) is 0 Å². The molecule has 1 fully saturated rings. The molecule has 1 aromatic carbocycles. The number of nitrogens with zero attached hydrogens (tertiary/aromatic N) is 2. The van der Waals surface area contributed by atoms with E-state index in [0.29, 0.717) is 6.54 Å². The summed E-state index contributed by atoms with van der Waals surface area (Å²) in [7, 11) is -3.49. The topological polar surface area (TPSA) is 80.3 Å². The third kappa shape index (κ3) is 2.23. The van der Waals surface area contributed by atoms with Crippen molar-refractivity contribution in [1.82, 2.24) is 4.31 Å². The lowest BCUT2D eigenvalue weighted by atomic mass is 10.1. The maximum atomic E-state index is 12.1. The highest BCUT2D eigenvalue weighted by Gasteiger charge is 2.46. The van der Waals surface area contributed by atoms with Crippen LogP contribution in [0.4, 0.5) is 5.69 Å². The second kappa shape index (κ2) is 4.33. The number of sulfonamides is 1. The highest BCUT2D eigenvalue weighted by atomic mass is 32.2. The third-order valence-corrected chi connectivity index (χ3v) is 4.93. The summed E-state index contributed by atoms with van der Waals surface area (Å²) in [4.78, 5) is 10.1. The Morgan fingerprint density at radius 1 is 1.33 bits per heavy atom. The Bertz CT molecular complexity index is 565. The van der Waals surface area contributed by atoms with Gasteiger partial charge in [0.2, 0.25) is 10.0 Å². The van der Waals surface area contributed by atoms with Crippen LogP contribution in [0, 0.1) is 16.0 Å². The van der Waals surface area contributed by atoms with Crippen molar-refractivity contribution >= 4 is 15.7 Å². The molecule has 0 aliphatic carbocycles. The summed E-state index contributed by atoms with van der Waals surface area (Å²) in [6, 6.07) is 5.03. The van der Waals surface area contributed by atoms with Crippen molar-refractivity contribution in [3.05, 3.63) is 34.4 Å². The van der Waals surface area contributed by atoms with Crippen molar-refractivity contribution < 1.29 is 13.3 Å². The number of hydrogen-bond acceptors (Lipinski definition) is 4. The molecule has 98 valence electrons. The quantitative estimate of drug-likeness (QED) is 0.473. The van der Waals surface area contributed by atoms with E-state index in [0.717, 1.165) is 0 Å². The van der Waals surface area contributed by atoms with Gasteiger partial charge < -0.3 is 0 Å². The molecule has 0 amide bonds. The van der Waals surface area contributed by atoms with Gasteiger partial charge in [-0.2, -0.15) is 4.31 Å². The van der Waals surface area contributed by atoms with Crippen LogP contribution in [0.3, 0.4) is 0 Å². The zero-order chi connectivity index (χ0) is 13.5. The van der Waals surface area contributed by atoms with Gasteiger partial charge in [0.15, 0.2) is 0 Å². The fourth-order valence-electron chi connectivity index (χ4n) is 1.83. The van der Waals surface area contributed by atoms with E-state index in [2.05, 4.69) is 0 Å². The van der Waals surface area contributed by atoms with Crippen molar-refractivity contribution in [3.8, 4) is 0 Å². The number of nitro groups is 1. The molecule has 0 N–H and O–H groups in total. The maximum Gasteiger partial charge on any atom is 0.269 e. The molecule has 7 heteroatoms. The van der Waals surface area contributed by atoms with Crippen molar-refractivity contribution in [3.63, 3.8) is 0 Å². The molecule has 1 heterocycles. The van der Waals surface area contributed by atoms with Crippen molar-refractivity contribution in [1.29, 1.82) is 0 Å². The average molecular weight is 270 g/mol. The van der Waals surface area contributed by atoms with E-state index in [9.17, 15) is 18.5 Å². The summed E-state index contributed by atoms with van der Waals surface area (Å²) in [5.41, 5.74) is -0.111. The van der Waals surface area contributed by atoms with Crippen molar-refractivity contribution in [2.45, 2.75) is 24.8 Å². The van der Waals surface area contributed by atoms with Crippen LogP contribution < -0.4 is 0 Å². The van der Waals surface area contributed by atoms with E-state index in [4.69, 9.17) is 0 Å². The lowest BCUT2D eigenvalue weighted by Gasteiger charge is -2.07. The molecule has 1 aromatic rings. The molecule has 0 bridgehead atoms. The number of nitro benzene ring substituents is 1. The number of benzene rings is 1. The summed E-state index contributed by atoms with van der Waals surface area (Å²) in [6.07, 6.45) is 0. The van der Waals surface area contributed by atoms with Gasteiger partial charge in [0.25, 0.3) is 5.69 Å². The zero-order valence-corrected chi connectivity index (χ0v) is 10.9. The Hall–Kier alpha value is -1.47. The Morgan fingerprint density at radius 3 is 2.28 bits per heavy atom. The van der Waals surface area contributed by atoms with E-state index in [-0.39, 0.29) is 22.5 Å². The SMILES string of the molecule is CC(C)C1CN1S(=O)(=O)c1ccc([N+](=O)[O-])cc1. The predicted octanol–water partition coefficient (Wildman–Crippen LogP) is 1.62. The van der Waals surface area contributed by atoms with Gasteiger partial charge in [-0.05, 0) is 18.1 Å². The minimum atomic E-state index is -3.49. The van der Waals surface area contributed by atoms with Crippen LogP contribution in [0.2, 0.25) is 0 Å². The lowest BCUT2D eigenvalue weighted by molar-refractivity contribution is -0.384. The monoisotopic (exact) mass is 270 g/mol. The van der Waals surface area contributed by atoms with Gasteiger partial charge in [-0.25, -0.2) is 8.42 Å². The normalized spacial score (nSPS) is 23.1. The summed E-state index contributed by atoms with van der Waals surface area (Å²) in [5.74, 6) is 0.276. The molecule has 2 unspecified atom stereocenters. The smallest absolute Gasteiger partial charge is 0.258 e. The van der Waals surface area contributed by atoms with Crippen LogP contribution in [0.15, 0.2) is 29.2 Å². The minimum absolute atomic E-state index is 0.0465. The van der Waals surface area contributed by atoms with Crippen LogP contribution in [0.1, 0.15) is 13.8 Å². The molecule has 0 aromatic heterocycles. The van der Waals surface area contributed by atoms with Crippen LogP contribution >= 0.6 is 0 Å². The molecule has 6 nitrogen and oxygen atoms in total. The summed E-state index contributed by atoms with van der Waals surface area (Å²) >= 11 is 0. The van der Waals surface area contributed by atoms with Crippen LogP contribution in [-0.4, -0.2) is 30.2 Å². The second-order valence-corrected chi connectivity index (χ2v) is 6.53. The summed E-state index contributed by atoms with van der Waals surface area (Å²) in [6.45, 7) is 4.46. The molecule has 2 atom stereocenters. The standard InChI is InChI=1S/C11H14N2O4S/c1-8(2)11-7-12(11)18(16,17)10-5-3-9(4-6-10)13(14)15/h3-6,8,11H,7H2,1-2H3. The van der Waals surface area contributed by atoms with E-state index in [1.54, 1.807) is 0 Å². The van der Waals surface area contributed by atoms with E-state index in [1.807, 2.05) is 13.8 Å². The average Bonchev–Trinajstić information content (AvgIpc) is 3.09. The molecule has 0 radical (unpaired) electrons. The van der Waals surface area contributed by atoms with Crippen LogP contribution in [-0.2, 0) is 10.0 Å². The van der Waals surface area contributed by atoms with Crippen molar-refractivity contribution in [2.24, 2.45) is 5.92 Å². The number of non-ortho nitro benzene ring substituents is 1. The molecule has 1 aliphatic heterocycles. The predicted molar refractivity (Wildman–Crippen MR) is 65.6 cm³/mol. The van der Waals surface area contributed by atoms with Gasteiger partial charge in [-0.1, -0.05) is 13.8 Å². The maximum absolute atomic E-state index is 12.1. The first-order chi connectivity index (χ1) is 8.34. The fraction of sp³-hybridized carbons (Fsp3) is 0.455. The first-order valence-electron chi connectivity index (χ1n) is 5.60. The number of hydrogen-bond donors (Lipinski definition) is 0. The second-order valence-electron chi connectivity index (χ2n) is 4.64. The van der Waals surface area contributed by atoms with E-state index in [1.165, 1.54) is 28.6 Å². The molecule has 1 aliphatic rings. The molecule has 0 saturated carbocycles. The van der Waals surface area contributed by atoms with E-state index < -0.39 is 14.9 Å². The third-order valence-electron chi connectivity index (χ3n) is 3.03. The molecular weight excluding hydrogens is 256 g/mol. The zero-order valence-electron chi connectivity index (χ0n) is 10.1. The molecule has 0 spiro atoms. The minimum Gasteiger partial charge on any atom is -0.258 e. The summed E-state index contributed by atoms with van der Waals surface area (Å²) in [5, 5.41) is 10.5. The molecule has 1 saturated heterocycles. The number of rotatable bonds is 4. The molecule has 2 rings (SSSR count). The van der Waals surface area contributed by atoms with Gasteiger partial charge in [0.05, 0.1) is 9.82 Å². The Balaban J connectivity index is 2.24. The van der Waals surface area contributed by atoms with Gasteiger partial charge in [-0.15, -0.1) is 0 Å². The van der Waals surface area contributed by atoms with Gasteiger partial charge in [-0.3, -0.25) is 10.1 Å². The van der Waals surface area contributed by atoms with Crippen molar-refractivity contribution in [2.75, 3.05) is 6.54 Å². The van der Waals surface area contributed by atoms with Gasteiger partial charge in [0.1, 0.15) is 0 Å². The highest BCUT2D eigenvalue weighted by molar-refractivity contribution is 7.89. The summed E-state index contributed by atoms with van der Waals surface area (Å²) < 4.78 is 25.7. The molecule has 18 heavy (non-hydrogen) atoms. The Kier molecular flexibility index (Phi) is 3.12. The largest absolute Gasteiger partial charge is 0.269 e. The Morgan fingerprint density at radius 2 is 1.89 bits per heavy atom. The molecular formula is C11H14N2O4S. The van der Waals surface area contributed by atoms with E-state index >= 15 is 0 Å². The first kappa shape index (κ1) is 13.0. The fourth-order valence-corrected chi connectivity index (χ4v) is 3.53.